The highest BCUT2D eigenvalue weighted by Gasteiger charge is 2.41. The molecule has 1 unspecified atom stereocenters. The molecule has 26 heavy (non-hydrogen) atoms. The average molecular weight is 359 g/mol. The predicted molar refractivity (Wildman–Crippen MR) is 94.5 cm³/mol. The highest BCUT2D eigenvalue weighted by atomic mass is 16.5. The van der Waals surface area contributed by atoms with E-state index in [1.54, 1.807) is 17.0 Å². The number of hydrogen-bond donors (Lipinski definition) is 1. The summed E-state index contributed by atoms with van der Waals surface area (Å²) in [6, 6.07) is 3.48. The zero-order chi connectivity index (χ0) is 18.9. The number of likely N-dealkylation sites (tertiary alicyclic amines) is 1. The van der Waals surface area contributed by atoms with Gasteiger partial charge in [-0.3, -0.25) is 9.59 Å². The van der Waals surface area contributed by atoms with Crippen molar-refractivity contribution in [2.45, 2.75) is 46.5 Å². The predicted octanol–water partition coefficient (Wildman–Crippen LogP) is 2.59. The third-order valence-corrected chi connectivity index (χ3v) is 5.47. The van der Waals surface area contributed by atoms with E-state index in [1.807, 2.05) is 20.8 Å². The summed E-state index contributed by atoms with van der Waals surface area (Å²) in [5.41, 5.74) is 6.75. The van der Waals surface area contributed by atoms with Crippen LogP contribution in [0.1, 0.15) is 59.5 Å². The zero-order valence-electron chi connectivity index (χ0n) is 15.5. The van der Waals surface area contributed by atoms with Gasteiger partial charge in [0.2, 0.25) is 5.91 Å². The molecule has 2 amide bonds. The molecule has 0 spiro atoms. The molecule has 3 heterocycles. The van der Waals surface area contributed by atoms with Crippen molar-refractivity contribution in [2.24, 2.45) is 11.1 Å². The number of rotatable bonds is 5. The van der Waals surface area contributed by atoms with Gasteiger partial charge in [-0.2, -0.15) is 0 Å². The Kier molecular flexibility index (Phi) is 4.89. The van der Waals surface area contributed by atoms with Crippen molar-refractivity contribution in [3.63, 3.8) is 0 Å². The lowest BCUT2D eigenvalue weighted by atomic mass is 9.77. The Morgan fingerprint density at radius 1 is 1.35 bits per heavy atom. The maximum absolute atomic E-state index is 12.8. The monoisotopic (exact) mass is 359 g/mol. The van der Waals surface area contributed by atoms with E-state index in [1.165, 1.54) is 0 Å². The molecule has 0 radical (unpaired) electrons. The fourth-order valence-corrected chi connectivity index (χ4v) is 3.64. The summed E-state index contributed by atoms with van der Waals surface area (Å²) in [5, 5.41) is 3.93. The van der Waals surface area contributed by atoms with Gasteiger partial charge in [0.1, 0.15) is 11.5 Å². The van der Waals surface area contributed by atoms with E-state index in [0.29, 0.717) is 31.7 Å². The molecule has 0 saturated carbocycles. The van der Waals surface area contributed by atoms with E-state index in [2.05, 4.69) is 5.16 Å². The molecule has 2 N–H and O–H groups in total. The molecule has 1 saturated heterocycles. The molecule has 7 nitrogen and oxygen atoms in total. The Morgan fingerprint density at radius 2 is 2.12 bits per heavy atom. The topological polar surface area (TPSA) is 103 Å². The molecule has 0 bridgehead atoms. The van der Waals surface area contributed by atoms with Crippen molar-refractivity contribution in [3.05, 3.63) is 40.7 Å². The fourth-order valence-electron chi connectivity index (χ4n) is 3.64. The molecule has 1 aliphatic rings. The summed E-state index contributed by atoms with van der Waals surface area (Å²) >= 11 is 0. The Hall–Kier alpha value is -2.57. The zero-order valence-corrected chi connectivity index (χ0v) is 15.5. The second-order valence-corrected chi connectivity index (χ2v) is 7.07. The van der Waals surface area contributed by atoms with Crippen LogP contribution in [0.2, 0.25) is 0 Å². The lowest BCUT2D eigenvalue weighted by molar-refractivity contribution is -0.130. The minimum atomic E-state index is -0.639. The molecule has 1 aliphatic heterocycles. The van der Waals surface area contributed by atoms with Crippen molar-refractivity contribution in [3.8, 4) is 0 Å². The highest BCUT2D eigenvalue weighted by molar-refractivity contribution is 5.92. The van der Waals surface area contributed by atoms with Gasteiger partial charge in [-0.05, 0) is 45.2 Å². The fraction of sp³-hybridized carbons (Fsp3) is 0.526. The van der Waals surface area contributed by atoms with Crippen molar-refractivity contribution in [2.75, 3.05) is 13.1 Å². The number of carbonyl (C=O) groups is 2. The number of amides is 2. The molecule has 1 atom stereocenters. The van der Waals surface area contributed by atoms with Crippen LogP contribution in [-0.2, 0) is 11.2 Å². The number of nitrogens with two attached hydrogens (primary N) is 1. The van der Waals surface area contributed by atoms with E-state index >= 15 is 0 Å². The molecule has 3 rings (SSSR count). The van der Waals surface area contributed by atoms with Crippen molar-refractivity contribution in [1.29, 1.82) is 0 Å². The summed E-state index contributed by atoms with van der Waals surface area (Å²) in [5.74, 6) is 1.17. The van der Waals surface area contributed by atoms with Crippen molar-refractivity contribution >= 4 is 11.8 Å². The number of furan rings is 1. The number of aryl methyl sites for hydroxylation is 2. The minimum Gasteiger partial charge on any atom is -0.456 e. The van der Waals surface area contributed by atoms with Crippen LogP contribution in [0.3, 0.4) is 0 Å². The van der Waals surface area contributed by atoms with E-state index in [9.17, 15) is 9.59 Å². The number of piperidine rings is 1. The molecule has 140 valence electrons. The first-order valence-electron chi connectivity index (χ1n) is 8.96. The van der Waals surface area contributed by atoms with Crippen LogP contribution in [0.15, 0.2) is 21.1 Å². The second kappa shape index (κ2) is 6.97. The van der Waals surface area contributed by atoms with Gasteiger partial charge in [0.15, 0.2) is 5.76 Å². The lowest BCUT2D eigenvalue weighted by Crippen LogP contribution is -2.51. The highest BCUT2D eigenvalue weighted by Crippen LogP contribution is 2.34. The molecule has 7 heteroatoms. The molecular weight excluding hydrogens is 334 g/mol. The summed E-state index contributed by atoms with van der Waals surface area (Å²) in [7, 11) is 0. The van der Waals surface area contributed by atoms with Crippen LogP contribution in [0.5, 0.6) is 0 Å². The minimum absolute atomic E-state index is 0.200. The molecule has 1 fully saturated rings. The van der Waals surface area contributed by atoms with E-state index < -0.39 is 5.41 Å². The SMILES string of the molecule is CCC1(C(N)=O)CCCN(C(=O)c2ccc(Cc3c(C)noc3C)o2)C1. The van der Waals surface area contributed by atoms with Gasteiger partial charge < -0.3 is 19.6 Å². The summed E-state index contributed by atoms with van der Waals surface area (Å²) < 4.78 is 10.9. The molecular formula is C19H25N3O4. The summed E-state index contributed by atoms with van der Waals surface area (Å²) in [4.78, 5) is 26.4. The first-order chi connectivity index (χ1) is 12.4. The van der Waals surface area contributed by atoms with Gasteiger partial charge in [0.05, 0.1) is 11.1 Å². The van der Waals surface area contributed by atoms with Crippen molar-refractivity contribution < 1.29 is 18.5 Å². The molecule has 2 aromatic heterocycles. The first-order valence-corrected chi connectivity index (χ1v) is 8.96. The van der Waals surface area contributed by atoms with Crippen LogP contribution in [0, 0.1) is 19.3 Å². The quantitative estimate of drug-likeness (QED) is 0.884. The largest absolute Gasteiger partial charge is 0.456 e. The first kappa shape index (κ1) is 18.2. The smallest absolute Gasteiger partial charge is 0.289 e. The number of hydrogen-bond acceptors (Lipinski definition) is 5. The van der Waals surface area contributed by atoms with Crippen molar-refractivity contribution in [1.82, 2.24) is 10.1 Å². The van der Waals surface area contributed by atoms with Gasteiger partial charge in [-0.1, -0.05) is 12.1 Å². The molecule has 2 aromatic rings. The van der Waals surface area contributed by atoms with Gasteiger partial charge >= 0.3 is 0 Å². The van der Waals surface area contributed by atoms with Gasteiger partial charge in [-0.15, -0.1) is 0 Å². The molecule has 0 aliphatic carbocycles. The van der Waals surface area contributed by atoms with Crippen LogP contribution in [0.4, 0.5) is 0 Å². The van der Waals surface area contributed by atoms with Gasteiger partial charge in [-0.25, -0.2) is 0 Å². The maximum atomic E-state index is 12.8. The Morgan fingerprint density at radius 3 is 2.73 bits per heavy atom. The third-order valence-electron chi connectivity index (χ3n) is 5.47. The third kappa shape index (κ3) is 3.25. The van der Waals surface area contributed by atoms with Gasteiger partial charge in [0, 0.05) is 25.1 Å². The maximum Gasteiger partial charge on any atom is 0.289 e. The Labute approximate surface area is 152 Å². The number of carbonyl (C=O) groups excluding carboxylic acids is 2. The number of nitrogens with zero attached hydrogens (tertiary/aromatic N) is 2. The lowest BCUT2D eigenvalue weighted by Gasteiger charge is -2.39. The van der Waals surface area contributed by atoms with E-state index in [4.69, 9.17) is 14.7 Å². The number of aromatic nitrogens is 1. The van der Waals surface area contributed by atoms with Gasteiger partial charge in [0.25, 0.3) is 5.91 Å². The summed E-state index contributed by atoms with van der Waals surface area (Å²) in [6.45, 7) is 6.62. The van der Waals surface area contributed by atoms with Crippen LogP contribution >= 0.6 is 0 Å². The van der Waals surface area contributed by atoms with Crippen LogP contribution in [-0.4, -0.2) is 35.0 Å². The summed E-state index contributed by atoms with van der Waals surface area (Å²) in [6.07, 6.45) is 2.63. The number of primary amides is 1. The average Bonchev–Trinajstić information content (AvgIpc) is 3.23. The normalized spacial score (nSPS) is 20.3. The Bertz CT molecular complexity index is 803. The second-order valence-electron chi connectivity index (χ2n) is 7.07. The van der Waals surface area contributed by atoms with Crippen LogP contribution in [0.25, 0.3) is 0 Å². The van der Waals surface area contributed by atoms with Crippen LogP contribution < -0.4 is 5.73 Å². The molecule has 0 aromatic carbocycles. The standard InChI is InChI=1S/C19H25N3O4/c1-4-19(18(20)24)8-5-9-22(11-19)17(23)16-7-6-14(25-16)10-15-12(2)21-26-13(15)3/h6-7H,4-5,8-11H2,1-3H3,(H2,20,24). The van der Waals surface area contributed by atoms with E-state index in [0.717, 1.165) is 29.9 Å². The Balaban J connectivity index is 1.75. The van der Waals surface area contributed by atoms with E-state index in [-0.39, 0.29) is 17.6 Å².